The molecule has 6 nitrogen and oxygen atoms in total. The first-order chi connectivity index (χ1) is 8.74. The second kappa shape index (κ2) is 6.21. The molecule has 0 aliphatic rings. The van der Waals surface area contributed by atoms with Crippen molar-refractivity contribution < 1.29 is 19.1 Å². The van der Waals surface area contributed by atoms with Gasteiger partial charge >= 0.3 is 12.1 Å². The van der Waals surface area contributed by atoms with E-state index in [9.17, 15) is 9.59 Å². The maximum absolute atomic E-state index is 11.7. The van der Waals surface area contributed by atoms with E-state index in [1.54, 1.807) is 27.7 Å². The van der Waals surface area contributed by atoms with Crippen molar-refractivity contribution in [3.8, 4) is 0 Å². The van der Waals surface area contributed by atoms with Crippen LogP contribution in [0.1, 0.15) is 36.8 Å². The van der Waals surface area contributed by atoms with Crippen LogP contribution in [0.25, 0.3) is 0 Å². The molecule has 0 bridgehead atoms. The van der Waals surface area contributed by atoms with E-state index in [1.165, 1.54) is 0 Å². The van der Waals surface area contributed by atoms with Crippen molar-refractivity contribution in [2.24, 2.45) is 0 Å². The maximum Gasteiger partial charge on any atom is 0.412 e. The fourth-order valence-corrected chi connectivity index (χ4v) is 2.08. The second-order valence-corrected chi connectivity index (χ2v) is 5.63. The Balaban J connectivity index is 2.85. The molecule has 0 aliphatic carbocycles. The zero-order valence-electron chi connectivity index (χ0n) is 11.1. The van der Waals surface area contributed by atoms with Gasteiger partial charge in [-0.1, -0.05) is 11.6 Å². The predicted octanol–water partition coefficient (Wildman–Crippen LogP) is 3.15. The predicted molar refractivity (Wildman–Crippen MR) is 72.8 cm³/mol. The highest BCUT2D eigenvalue weighted by molar-refractivity contribution is 7.11. The molecule has 106 valence electrons. The third kappa shape index (κ3) is 4.68. The summed E-state index contributed by atoms with van der Waals surface area (Å²) in [4.78, 5) is 23.3. The first-order valence-corrected chi connectivity index (χ1v) is 6.74. The third-order valence-electron chi connectivity index (χ3n) is 1.87. The molecule has 1 aromatic heterocycles. The highest BCUT2D eigenvalue weighted by Crippen LogP contribution is 2.26. The number of alkyl halides is 1. The van der Waals surface area contributed by atoms with Crippen LogP contribution in [0.5, 0.6) is 0 Å². The lowest BCUT2D eigenvalue weighted by molar-refractivity contribution is 0.0575. The lowest BCUT2D eigenvalue weighted by atomic mass is 10.2. The molecule has 0 saturated carbocycles. The molecule has 0 radical (unpaired) electrons. The van der Waals surface area contributed by atoms with Gasteiger partial charge in [0.05, 0.1) is 5.69 Å². The first-order valence-electron chi connectivity index (χ1n) is 5.44. The van der Waals surface area contributed by atoms with Crippen LogP contribution in [0.3, 0.4) is 0 Å². The van der Waals surface area contributed by atoms with Crippen molar-refractivity contribution >= 4 is 40.2 Å². The summed E-state index contributed by atoms with van der Waals surface area (Å²) in [5.74, 6) is -0.632. The highest BCUT2D eigenvalue weighted by Gasteiger charge is 2.23. The van der Waals surface area contributed by atoms with Crippen molar-refractivity contribution in [2.45, 2.75) is 33.3 Å². The molecule has 1 amide bonds. The number of nitrogens with zero attached hydrogens (tertiary/aromatic N) is 1. The van der Waals surface area contributed by atoms with Gasteiger partial charge in [-0.3, -0.25) is 5.32 Å². The molecule has 0 atom stereocenters. The minimum atomic E-state index is -0.656. The van der Waals surface area contributed by atoms with Gasteiger partial charge in [-0.2, -0.15) is 4.37 Å². The zero-order valence-corrected chi connectivity index (χ0v) is 12.6. The van der Waals surface area contributed by atoms with Crippen molar-refractivity contribution in [3.05, 3.63) is 11.3 Å². The van der Waals surface area contributed by atoms with Crippen LogP contribution in [0.2, 0.25) is 0 Å². The molecule has 0 spiro atoms. The van der Waals surface area contributed by atoms with Crippen LogP contribution in [0.15, 0.2) is 0 Å². The SMILES string of the molecule is Cc1nsc(NC(=O)OC(C)(C)C)c1C(=O)OCCl. The van der Waals surface area contributed by atoms with Gasteiger partial charge in [-0.05, 0) is 39.2 Å². The summed E-state index contributed by atoms with van der Waals surface area (Å²) in [5, 5.41) is 2.76. The molecule has 19 heavy (non-hydrogen) atoms. The number of aryl methyl sites for hydroxylation is 1. The van der Waals surface area contributed by atoms with Gasteiger partial charge in [0.2, 0.25) is 0 Å². The molecule has 0 aromatic carbocycles. The highest BCUT2D eigenvalue weighted by atomic mass is 35.5. The molecule has 0 unspecified atom stereocenters. The van der Waals surface area contributed by atoms with E-state index < -0.39 is 17.7 Å². The average molecular weight is 307 g/mol. The van der Waals surface area contributed by atoms with E-state index in [2.05, 4.69) is 9.69 Å². The quantitative estimate of drug-likeness (QED) is 0.685. The monoisotopic (exact) mass is 306 g/mol. The van der Waals surface area contributed by atoms with Crippen LogP contribution in [-0.2, 0) is 9.47 Å². The topological polar surface area (TPSA) is 77.5 Å². The largest absolute Gasteiger partial charge is 0.446 e. The number of carbonyl (C=O) groups is 2. The summed E-state index contributed by atoms with van der Waals surface area (Å²) in [7, 11) is 0. The Morgan fingerprint density at radius 2 is 2.05 bits per heavy atom. The summed E-state index contributed by atoms with van der Waals surface area (Å²) < 4.78 is 13.8. The van der Waals surface area contributed by atoms with Crippen molar-refractivity contribution in [3.63, 3.8) is 0 Å². The van der Waals surface area contributed by atoms with Gasteiger partial charge in [0, 0.05) is 0 Å². The summed E-state index contributed by atoms with van der Waals surface area (Å²) in [5.41, 5.74) is 0.0309. The van der Waals surface area contributed by atoms with Gasteiger partial charge in [-0.15, -0.1) is 0 Å². The van der Waals surface area contributed by atoms with E-state index in [0.717, 1.165) is 11.5 Å². The fourth-order valence-electron chi connectivity index (χ4n) is 1.21. The molecule has 1 rings (SSSR count). The van der Waals surface area contributed by atoms with Crippen LogP contribution in [0.4, 0.5) is 9.80 Å². The number of halogens is 1. The minimum Gasteiger partial charge on any atom is -0.446 e. The number of hydrogen-bond acceptors (Lipinski definition) is 6. The Labute approximate surface area is 120 Å². The Hall–Kier alpha value is -1.34. The number of nitrogens with one attached hydrogen (secondary N) is 1. The van der Waals surface area contributed by atoms with Crippen molar-refractivity contribution in [1.29, 1.82) is 0 Å². The Morgan fingerprint density at radius 1 is 1.42 bits per heavy atom. The molecule has 1 heterocycles. The van der Waals surface area contributed by atoms with Crippen LogP contribution >= 0.6 is 23.1 Å². The van der Waals surface area contributed by atoms with Crippen LogP contribution in [-0.4, -0.2) is 28.1 Å². The van der Waals surface area contributed by atoms with Gasteiger partial charge in [0.15, 0.2) is 6.07 Å². The van der Waals surface area contributed by atoms with Crippen LogP contribution in [0, 0.1) is 6.92 Å². The van der Waals surface area contributed by atoms with Crippen LogP contribution < -0.4 is 5.32 Å². The Morgan fingerprint density at radius 3 is 2.58 bits per heavy atom. The molecule has 0 aliphatic heterocycles. The van der Waals surface area contributed by atoms with E-state index in [0.29, 0.717) is 5.69 Å². The van der Waals surface area contributed by atoms with Crippen molar-refractivity contribution in [1.82, 2.24) is 4.37 Å². The van der Waals surface area contributed by atoms with Crippen molar-refractivity contribution in [2.75, 3.05) is 11.4 Å². The standard InChI is InChI=1S/C11H15ClN2O4S/c1-6-7(9(15)17-5-12)8(19-14-6)13-10(16)18-11(2,3)4/h5H2,1-4H3,(H,13,16). The number of carbonyl (C=O) groups excluding carboxylic acids is 2. The van der Waals surface area contributed by atoms with Gasteiger partial charge in [-0.25, -0.2) is 9.59 Å². The molecular formula is C11H15ClN2O4S. The lowest BCUT2D eigenvalue weighted by Gasteiger charge is -2.19. The number of aromatic nitrogens is 1. The number of esters is 1. The van der Waals surface area contributed by atoms with E-state index in [-0.39, 0.29) is 16.6 Å². The number of amides is 1. The van der Waals surface area contributed by atoms with Gasteiger partial charge < -0.3 is 9.47 Å². The number of anilines is 1. The summed E-state index contributed by atoms with van der Waals surface area (Å²) in [6, 6.07) is -0.264. The van der Waals surface area contributed by atoms with Gasteiger partial charge in [0.25, 0.3) is 0 Å². The minimum absolute atomic E-state index is 0.191. The van der Waals surface area contributed by atoms with E-state index in [4.69, 9.17) is 21.1 Å². The second-order valence-electron chi connectivity index (χ2n) is 4.64. The fraction of sp³-hybridized carbons (Fsp3) is 0.545. The third-order valence-corrected chi connectivity index (χ3v) is 2.83. The molecule has 1 N–H and O–H groups in total. The Kier molecular flexibility index (Phi) is 5.13. The zero-order chi connectivity index (χ0) is 14.6. The number of rotatable bonds is 3. The normalized spacial score (nSPS) is 11.0. The molecular weight excluding hydrogens is 292 g/mol. The maximum atomic E-state index is 11.7. The first kappa shape index (κ1) is 15.7. The van der Waals surface area contributed by atoms with E-state index in [1.807, 2.05) is 0 Å². The lowest BCUT2D eigenvalue weighted by Crippen LogP contribution is -2.27. The molecule has 8 heteroatoms. The summed E-state index contributed by atoms with van der Waals surface area (Å²) in [6.07, 6.45) is -0.656. The average Bonchev–Trinajstić information content (AvgIpc) is 2.57. The molecule has 0 fully saturated rings. The Bertz CT molecular complexity index is 482. The number of hydrogen-bond donors (Lipinski definition) is 1. The smallest absolute Gasteiger partial charge is 0.412 e. The van der Waals surface area contributed by atoms with Gasteiger partial charge in [0.1, 0.15) is 16.2 Å². The summed E-state index contributed by atoms with van der Waals surface area (Å²) in [6.45, 7) is 6.87. The number of ether oxygens (including phenoxy) is 2. The summed E-state index contributed by atoms with van der Waals surface area (Å²) >= 11 is 6.32. The molecule has 0 saturated heterocycles. The molecule has 1 aromatic rings. The van der Waals surface area contributed by atoms with E-state index >= 15 is 0 Å².